The quantitative estimate of drug-likeness (QED) is 0.576. The number of hydrogen-bond donors (Lipinski definition) is 3. The van der Waals surface area contributed by atoms with E-state index in [1.165, 1.54) is 6.07 Å². The zero-order valence-electron chi connectivity index (χ0n) is 13.3. The number of nitrogens with two attached hydrogens (primary N) is 2. The number of hydrogen-bond acceptors (Lipinski definition) is 6. The predicted molar refractivity (Wildman–Crippen MR) is 83.1 cm³/mol. The standard InChI is InChI=1S/C15H16FN5O4/c1-7-2-3-8(6-9(7)16)15-20-11(25-21-15)5-4-10(22)19-12(13(17)23)14(18)24/h2-3,6,12H,4-5H2,1H3,(H2,17,23)(H2,18,24)(H,19,22). The van der Waals surface area contributed by atoms with Gasteiger partial charge in [0.25, 0.3) is 0 Å². The average Bonchev–Trinajstić information content (AvgIpc) is 3.01. The normalized spacial score (nSPS) is 10.7. The lowest BCUT2D eigenvalue weighted by atomic mass is 10.1. The molecule has 1 aromatic heterocycles. The molecule has 2 rings (SSSR count). The monoisotopic (exact) mass is 349 g/mol. The highest BCUT2D eigenvalue weighted by Crippen LogP contribution is 2.19. The second-order valence-corrected chi connectivity index (χ2v) is 5.28. The van der Waals surface area contributed by atoms with Gasteiger partial charge < -0.3 is 21.3 Å². The number of nitrogens with one attached hydrogen (secondary N) is 1. The molecule has 0 saturated carbocycles. The molecule has 1 heterocycles. The van der Waals surface area contributed by atoms with E-state index in [-0.39, 0.29) is 24.6 Å². The first kappa shape index (κ1) is 18.0. The minimum Gasteiger partial charge on any atom is -0.367 e. The third-order valence-corrected chi connectivity index (χ3v) is 3.34. The molecule has 5 N–H and O–H groups in total. The zero-order valence-corrected chi connectivity index (χ0v) is 13.3. The topological polar surface area (TPSA) is 154 Å². The molecule has 0 fully saturated rings. The summed E-state index contributed by atoms with van der Waals surface area (Å²) in [6, 6.07) is 2.92. The maximum atomic E-state index is 13.6. The molecular weight excluding hydrogens is 333 g/mol. The van der Waals surface area contributed by atoms with Crippen LogP contribution in [0.2, 0.25) is 0 Å². The lowest BCUT2D eigenvalue weighted by Crippen LogP contribution is -2.52. The summed E-state index contributed by atoms with van der Waals surface area (Å²) < 4.78 is 18.6. The van der Waals surface area contributed by atoms with Crippen molar-refractivity contribution < 1.29 is 23.3 Å². The second-order valence-electron chi connectivity index (χ2n) is 5.28. The van der Waals surface area contributed by atoms with Crippen LogP contribution in [0, 0.1) is 12.7 Å². The van der Waals surface area contributed by atoms with Gasteiger partial charge in [0.1, 0.15) is 5.82 Å². The molecule has 0 atom stereocenters. The van der Waals surface area contributed by atoms with Crippen LogP contribution in [0.3, 0.4) is 0 Å². The highest BCUT2D eigenvalue weighted by atomic mass is 19.1. The summed E-state index contributed by atoms with van der Waals surface area (Å²) in [5.41, 5.74) is 10.8. The van der Waals surface area contributed by atoms with Crippen molar-refractivity contribution in [3.05, 3.63) is 35.5 Å². The van der Waals surface area contributed by atoms with E-state index < -0.39 is 29.6 Å². The van der Waals surface area contributed by atoms with Crippen LogP contribution in [-0.4, -0.2) is 33.9 Å². The molecule has 0 saturated heterocycles. The van der Waals surface area contributed by atoms with Crippen LogP contribution in [0.5, 0.6) is 0 Å². The van der Waals surface area contributed by atoms with Crippen LogP contribution in [0.25, 0.3) is 11.4 Å². The third kappa shape index (κ3) is 4.59. The Bertz CT molecular complexity index is 806. The number of amides is 3. The van der Waals surface area contributed by atoms with Gasteiger partial charge in [0.15, 0.2) is 6.04 Å². The minimum absolute atomic E-state index is 0.0530. The van der Waals surface area contributed by atoms with Gasteiger partial charge in [0.2, 0.25) is 29.4 Å². The molecule has 0 aliphatic heterocycles. The molecule has 3 amide bonds. The number of aromatic nitrogens is 2. The van der Waals surface area contributed by atoms with E-state index in [1.807, 2.05) is 0 Å². The number of nitrogens with zero attached hydrogens (tertiary/aromatic N) is 2. The van der Waals surface area contributed by atoms with Crippen molar-refractivity contribution in [2.24, 2.45) is 11.5 Å². The van der Waals surface area contributed by atoms with Gasteiger partial charge in [0.05, 0.1) is 0 Å². The first-order chi connectivity index (χ1) is 11.8. The van der Waals surface area contributed by atoms with Gasteiger partial charge in [-0.05, 0) is 18.6 Å². The van der Waals surface area contributed by atoms with Crippen molar-refractivity contribution >= 4 is 17.7 Å². The van der Waals surface area contributed by atoms with Crippen molar-refractivity contribution in [1.82, 2.24) is 15.5 Å². The van der Waals surface area contributed by atoms with Crippen LogP contribution in [-0.2, 0) is 20.8 Å². The number of carbonyl (C=O) groups excluding carboxylic acids is 3. The molecule has 0 bridgehead atoms. The number of benzene rings is 1. The smallest absolute Gasteiger partial charge is 0.249 e. The van der Waals surface area contributed by atoms with Gasteiger partial charge >= 0.3 is 0 Å². The number of primary amides is 2. The van der Waals surface area contributed by atoms with E-state index in [0.717, 1.165) is 0 Å². The van der Waals surface area contributed by atoms with Crippen molar-refractivity contribution in [2.75, 3.05) is 0 Å². The highest BCUT2D eigenvalue weighted by Gasteiger charge is 2.23. The molecule has 2 aromatic rings. The highest BCUT2D eigenvalue weighted by molar-refractivity contribution is 6.05. The Morgan fingerprint density at radius 3 is 2.56 bits per heavy atom. The predicted octanol–water partition coefficient (Wildman–Crippen LogP) is -0.428. The van der Waals surface area contributed by atoms with Crippen molar-refractivity contribution in [1.29, 1.82) is 0 Å². The first-order valence-electron chi connectivity index (χ1n) is 7.25. The Balaban J connectivity index is 1.97. The Labute approximate surface area is 141 Å². The summed E-state index contributed by atoms with van der Waals surface area (Å²) in [4.78, 5) is 37.8. The van der Waals surface area contributed by atoms with E-state index in [1.54, 1.807) is 19.1 Å². The van der Waals surface area contributed by atoms with Crippen molar-refractivity contribution in [3.8, 4) is 11.4 Å². The number of rotatable bonds is 7. The summed E-state index contributed by atoms with van der Waals surface area (Å²) in [7, 11) is 0. The van der Waals surface area contributed by atoms with E-state index >= 15 is 0 Å². The second kappa shape index (κ2) is 7.51. The summed E-state index contributed by atoms with van der Waals surface area (Å²) in [5.74, 6) is -2.82. The van der Waals surface area contributed by atoms with Crippen LogP contribution >= 0.6 is 0 Å². The maximum Gasteiger partial charge on any atom is 0.249 e. The summed E-state index contributed by atoms with van der Waals surface area (Å²) in [6.45, 7) is 1.63. The fraction of sp³-hybridized carbons (Fsp3) is 0.267. The van der Waals surface area contributed by atoms with Gasteiger partial charge in [-0.25, -0.2) is 4.39 Å². The first-order valence-corrected chi connectivity index (χ1v) is 7.25. The Hall–Kier alpha value is -3.30. The van der Waals surface area contributed by atoms with E-state index in [9.17, 15) is 18.8 Å². The number of aryl methyl sites for hydroxylation is 2. The summed E-state index contributed by atoms with van der Waals surface area (Å²) in [5, 5.41) is 5.83. The zero-order chi connectivity index (χ0) is 18.6. The molecule has 25 heavy (non-hydrogen) atoms. The van der Waals surface area contributed by atoms with Gasteiger partial charge in [-0.2, -0.15) is 4.98 Å². The molecule has 1 aromatic carbocycles. The van der Waals surface area contributed by atoms with Crippen molar-refractivity contribution in [3.63, 3.8) is 0 Å². The maximum absolute atomic E-state index is 13.6. The Morgan fingerprint density at radius 1 is 1.28 bits per heavy atom. The number of carbonyl (C=O) groups is 3. The lowest BCUT2D eigenvalue weighted by Gasteiger charge is -2.10. The average molecular weight is 349 g/mol. The molecule has 0 aliphatic rings. The van der Waals surface area contributed by atoms with Crippen LogP contribution in [0.1, 0.15) is 17.9 Å². The summed E-state index contributed by atoms with van der Waals surface area (Å²) in [6.07, 6.45) is -0.0849. The van der Waals surface area contributed by atoms with E-state index in [4.69, 9.17) is 16.0 Å². The Morgan fingerprint density at radius 2 is 1.96 bits per heavy atom. The van der Waals surface area contributed by atoms with Crippen LogP contribution in [0.15, 0.2) is 22.7 Å². The third-order valence-electron chi connectivity index (χ3n) is 3.34. The fourth-order valence-corrected chi connectivity index (χ4v) is 1.94. The summed E-state index contributed by atoms with van der Waals surface area (Å²) >= 11 is 0. The molecular formula is C15H16FN5O4. The molecule has 0 aliphatic carbocycles. The molecule has 132 valence electrons. The van der Waals surface area contributed by atoms with Crippen LogP contribution < -0.4 is 16.8 Å². The van der Waals surface area contributed by atoms with Gasteiger partial charge in [-0.15, -0.1) is 0 Å². The fourth-order valence-electron chi connectivity index (χ4n) is 1.94. The largest absolute Gasteiger partial charge is 0.367 e. The van der Waals surface area contributed by atoms with Gasteiger partial charge in [-0.1, -0.05) is 17.3 Å². The molecule has 0 radical (unpaired) electrons. The van der Waals surface area contributed by atoms with Gasteiger partial charge in [-0.3, -0.25) is 14.4 Å². The minimum atomic E-state index is -1.58. The number of halogens is 1. The molecule has 9 nitrogen and oxygen atoms in total. The molecule has 0 unspecified atom stereocenters. The molecule has 10 heteroatoms. The SMILES string of the molecule is Cc1ccc(-c2noc(CCC(=O)NC(C(N)=O)C(N)=O)n2)cc1F. The van der Waals surface area contributed by atoms with E-state index in [2.05, 4.69) is 15.5 Å². The molecule has 0 spiro atoms. The lowest BCUT2D eigenvalue weighted by molar-refractivity contribution is -0.134. The van der Waals surface area contributed by atoms with E-state index in [0.29, 0.717) is 11.1 Å². The van der Waals surface area contributed by atoms with Gasteiger partial charge in [0, 0.05) is 18.4 Å². The van der Waals surface area contributed by atoms with Crippen molar-refractivity contribution in [2.45, 2.75) is 25.8 Å². The van der Waals surface area contributed by atoms with Crippen LogP contribution in [0.4, 0.5) is 4.39 Å². The Kier molecular flexibility index (Phi) is 5.42.